The van der Waals surface area contributed by atoms with Crippen LogP contribution in [0.3, 0.4) is 0 Å². The Labute approximate surface area is 82.5 Å². The van der Waals surface area contributed by atoms with E-state index in [4.69, 9.17) is 0 Å². The van der Waals surface area contributed by atoms with E-state index in [0.29, 0.717) is 0 Å². The molecular formula is C11H11N3. The van der Waals surface area contributed by atoms with Crippen LogP contribution in [0, 0.1) is 0 Å². The van der Waals surface area contributed by atoms with Crippen LogP contribution >= 0.6 is 0 Å². The molecule has 0 aliphatic rings. The zero-order valence-corrected chi connectivity index (χ0v) is 7.94. The van der Waals surface area contributed by atoms with E-state index in [2.05, 4.69) is 15.5 Å². The second kappa shape index (κ2) is 3.87. The molecule has 3 nitrogen and oxygen atoms in total. The third-order valence-electron chi connectivity index (χ3n) is 1.91. The van der Waals surface area contributed by atoms with E-state index < -0.39 is 0 Å². The fraction of sp³-hybridized carbons (Fsp3) is 0.0909. The van der Waals surface area contributed by atoms with Gasteiger partial charge in [0.25, 0.3) is 0 Å². The summed E-state index contributed by atoms with van der Waals surface area (Å²) in [5.74, 6) is 0.766. The van der Waals surface area contributed by atoms with Crippen LogP contribution in [0.25, 0.3) is 10.9 Å². The minimum Gasteiger partial charge on any atom is -0.262 e. The fourth-order valence-corrected chi connectivity index (χ4v) is 1.26. The van der Waals surface area contributed by atoms with Crippen LogP contribution in [0.4, 0.5) is 5.82 Å². The smallest absolute Gasteiger partial charge is 0.146 e. The molecule has 2 rings (SSSR count). The van der Waals surface area contributed by atoms with Gasteiger partial charge in [-0.2, -0.15) is 5.10 Å². The monoisotopic (exact) mass is 185 g/mol. The highest BCUT2D eigenvalue weighted by Gasteiger charge is 1.94. The number of benzene rings is 1. The predicted octanol–water partition coefficient (Wildman–Crippen LogP) is 2.65. The van der Waals surface area contributed by atoms with Gasteiger partial charge in [-0.25, -0.2) is 4.98 Å². The number of hydrogen-bond acceptors (Lipinski definition) is 3. The van der Waals surface area contributed by atoms with Crippen molar-refractivity contribution in [2.24, 2.45) is 5.10 Å². The molecule has 0 saturated heterocycles. The van der Waals surface area contributed by atoms with Crippen molar-refractivity contribution in [2.45, 2.75) is 6.92 Å². The molecular weight excluding hydrogens is 174 g/mol. The van der Waals surface area contributed by atoms with Crippen LogP contribution in [0.1, 0.15) is 6.92 Å². The van der Waals surface area contributed by atoms with Gasteiger partial charge in [0.05, 0.1) is 5.52 Å². The Morgan fingerprint density at radius 2 is 2.07 bits per heavy atom. The quantitative estimate of drug-likeness (QED) is 0.577. The molecule has 1 aromatic heterocycles. The fourth-order valence-electron chi connectivity index (χ4n) is 1.26. The van der Waals surface area contributed by atoms with E-state index in [1.165, 1.54) is 0 Å². The van der Waals surface area contributed by atoms with Crippen molar-refractivity contribution in [3.05, 3.63) is 36.4 Å². The number of pyridine rings is 1. The Morgan fingerprint density at radius 3 is 2.93 bits per heavy atom. The minimum absolute atomic E-state index is 0.766. The van der Waals surface area contributed by atoms with E-state index in [9.17, 15) is 0 Å². The minimum atomic E-state index is 0.766. The molecule has 0 saturated carbocycles. The molecule has 0 unspecified atom stereocenters. The summed E-state index contributed by atoms with van der Waals surface area (Å²) in [7, 11) is 0. The van der Waals surface area contributed by atoms with Crippen molar-refractivity contribution in [1.29, 1.82) is 0 Å². The first kappa shape index (κ1) is 8.69. The van der Waals surface area contributed by atoms with Crippen LogP contribution < -0.4 is 5.43 Å². The lowest BCUT2D eigenvalue weighted by Gasteiger charge is -2.00. The molecule has 0 atom stereocenters. The maximum absolute atomic E-state index is 4.39. The Hall–Kier alpha value is -1.90. The Morgan fingerprint density at radius 1 is 1.21 bits per heavy atom. The molecule has 2 aromatic rings. The van der Waals surface area contributed by atoms with Gasteiger partial charge in [-0.15, -0.1) is 0 Å². The highest BCUT2D eigenvalue weighted by molar-refractivity contribution is 5.80. The number of para-hydroxylation sites is 1. The van der Waals surface area contributed by atoms with Gasteiger partial charge in [-0.3, -0.25) is 5.43 Å². The SMILES string of the molecule is CC=NNc1ccc2ccccc2n1. The summed E-state index contributed by atoms with van der Waals surface area (Å²) in [6.07, 6.45) is 1.69. The molecule has 0 fully saturated rings. The molecule has 0 bridgehead atoms. The van der Waals surface area contributed by atoms with Crippen LogP contribution in [-0.4, -0.2) is 11.2 Å². The summed E-state index contributed by atoms with van der Waals surface area (Å²) in [5.41, 5.74) is 3.82. The number of nitrogens with one attached hydrogen (secondary N) is 1. The van der Waals surface area contributed by atoms with Crippen molar-refractivity contribution in [3.63, 3.8) is 0 Å². The van der Waals surface area contributed by atoms with E-state index in [0.717, 1.165) is 16.7 Å². The first-order valence-corrected chi connectivity index (χ1v) is 4.49. The average molecular weight is 185 g/mol. The standard InChI is InChI=1S/C11H11N3/c1-2-12-14-11-8-7-9-5-3-4-6-10(9)13-11/h2-8H,1H3,(H,13,14). The van der Waals surface area contributed by atoms with Gasteiger partial charge < -0.3 is 0 Å². The molecule has 1 aromatic carbocycles. The zero-order valence-electron chi connectivity index (χ0n) is 7.94. The summed E-state index contributed by atoms with van der Waals surface area (Å²) < 4.78 is 0. The normalized spacial score (nSPS) is 10.9. The van der Waals surface area contributed by atoms with E-state index in [1.54, 1.807) is 6.21 Å². The molecule has 0 spiro atoms. The van der Waals surface area contributed by atoms with Crippen molar-refractivity contribution in [2.75, 3.05) is 5.43 Å². The third-order valence-corrected chi connectivity index (χ3v) is 1.91. The molecule has 0 radical (unpaired) electrons. The van der Waals surface area contributed by atoms with Gasteiger partial charge in [0.2, 0.25) is 0 Å². The third kappa shape index (κ3) is 1.71. The van der Waals surface area contributed by atoms with Gasteiger partial charge in [0, 0.05) is 11.6 Å². The Bertz CT molecular complexity index is 463. The largest absolute Gasteiger partial charge is 0.262 e. The molecule has 0 aliphatic carbocycles. The molecule has 0 amide bonds. The Balaban J connectivity index is 2.41. The van der Waals surface area contributed by atoms with E-state index >= 15 is 0 Å². The maximum Gasteiger partial charge on any atom is 0.146 e. The van der Waals surface area contributed by atoms with Gasteiger partial charge in [0.15, 0.2) is 0 Å². The number of hydrogen-bond donors (Lipinski definition) is 1. The topological polar surface area (TPSA) is 37.3 Å². The van der Waals surface area contributed by atoms with Crippen molar-refractivity contribution < 1.29 is 0 Å². The molecule has 0 aliphatic heterocycles. The summed E-state index contributed by atoms with van der Waals surface area (Å²) >= 11 is 0. The summed E-state index contributed by atoms with van der Waals surface area (Å²) in [6.45, 7) is 1.86. The van der Waals surface area contributed by atoms with E-state index in [-0.39, 0.29) is 0 Å². The number of nitrogens with zero attached hydrogens (tertiary/aromatic N) is 2. The van der Waals surface area contributed by atoms with Crippen molar-refractivity contribution in [3.8, 4) is 0 Å². The van der Waals surface area contributed by atoms with Crippen LogP contribution in [0.5, 0.6) is 0 Å². The number of fused-ring (bicyclic) bond motifs is 1. The number of aromatic nitrogens is 1. The molecule has 1 heterocycles. The summed E-state index contributed by atoms with van der Waals surface area (Å²) in [4.78, 5) is 4.39. The molecule has 70 valence electrons. The second-order valence-corrected chi connectivity index (χ2v) is 2.89. The molecule has 14 heavy (non-hydrogen) atoms. The van der Waals surface area contributed by atoms with Gasteiger partial charge in [0.1, 0.15) is 5.82 Å². The van der Waals surface area contributed by atoms with Gasteiger partial charge in [-0.1, -0.05) is 18.2 Å². The maximum atomic E-state index is 4.39. The van der Waals surface area contributed by atoms with Gasteiger partial charge >= 0.3 is 0 Å². The number of rotatable bonds is 2. The van der Waals surface area contributed by atoms with Crippen LogP contribution in [0.2, 0.25) is 0 Å². The van der Waals surface area contributed by atoms with Crippen LogP contribution in [0.15, 0.2) is 41.5 Å². The highest BCUT2D eigenvalue weighted by Crippen LogP contribution is 2.14. The zero-order chi connectivity index (χ0) is 9.80. The number of hydrazone groups is 1. The van der Waals surface area contributed by atoms with Crippen molar-refractivity contribution in [1.82, 2.24) is 4.98 Å². The number of anilines is 1. The lowest BCUT2D eigenvalue weighted by molar-refractivity contribution is 1.26. The first-order valence-electron chi connectivity index (χ1n) is 4.49. The van der Waals surface area contributed by atoms with Gasteiger partial charge in [-0.05, 0) is 25.1 Å². The summed E-state index contributed by atoms with van der Waals surface area (Å²) in [5, 5.41) is 5.05. The average Bonchev–Trinajstić information content (AvgIpc) is 2.26. The molecule has 3 heteroatoms. The molecule has 1 N–H and O–H groups in total. The Kier molecular flexibility index (Phi) is 2.40. The second-order valence-electron chi connectivity index (χ2n) is 2.89. The highest BCUT2D eigenvalue weighted by atomic mass is 15.3. The van der Waals surface area contributed by atoms with Crippen molar-refractivity contribution >= 4 is 22.9 Å². The lowest BCUT2D eigenvalue weighted by Crippen LogP contribution is -1.91. The summed E-state index contributed by atoms with van der Waals surface area (Å²) in [6, 6.07) is 11.9. The predicted molar refractivity (Wildman–Crippen MR) is 59.5 cm³/mol. The van der Waals surface area contributed by atoms with E-state index in [1.807, 2.05) is 43.3 Å². The lowest BCUT2D eigenvalue weighted by atomic mass is 10.2. The van der Waals surface area contributed by atoms with Crippen LogP contribution in [-0.2, 0) is 0 Å². The first-order chi connectivity index (χ1) is 6.90.